The van der Waals surface area contributed by atoms with Gasteiger partial charge in [-0.1, -0.05) is 19.3 Å². The van der Waals surface area contributed by atoms with Gasteiger partial charge in [0.2, 0.25) is 0 Å². The maximum atomic E-state index is 9.51. The summed E-state index contributed by atoms with van der Waals surface area (Å²) >= 11 is 1.77. The zero-order valence-electron chi connectivity index (χ0n) is 17.8. The third kappa shape index (κ3) is 7.54. The van der Waals surface area contributed by atoms with Crippen molar-refractivity contribution in [3.05, 3.63) is 11.1 Å². The average Bonchev–Trinajstić information content (AvgIpc) is 3.39. The number of aromatic nitrogens is 1. The van der Waals surface area contributed by atoms with E-state index >= 15 is 0 Å². The Labute approximate surface area is 197 Å². The number of halogens is 1. The Hall–Kier alpha value is -0.610. The topological polar surface area (TPSA) is 72.8 Å². The predicted octanol–water partition coefficient (Wildman–Crippen LogP) is 3.79. The normalized spacial score (nSPS) is 19.1. The standard InChI is InChI=1S/C21H37N5OS.HI/c1-2-22-19(24-17-21(11-15-27)9-4-3-5-10-21)23-12-8-18-16-28-20(25-18)26-13-6-7-14-26;/h16,27H,2-15,17H2,1H3,(H2,22,23,24);1H. The van der Waals surface area contributed by atoms with Gasteiger partial charge in [0.1, 0.15) is 0 Å². The van der Waals surface area contributed by atoms with Crippen LogP contribution in [0.2, 0.25) is 0 Å². The molecule has 166 valence electrons. The Bertz CT molecular complexity index is 606. The molecule has 3 rings (SSSR count). The summed E-state index contributed by atoms with van der Waals surface area (Å²) in [5.41, 5.74) is 1.36. The van der Waals surface area contributed by atoms with E-state index in [9.17, 15) is 5.11 Å². The van der Waals surface area contributed by atoms with E-state index in [2.05, 4.69) is 27.8 Å². The molecule has 29 heavy (non-hydrogen) atoms. The van der Waals surface area contributed by atoms with Crippen LogP contribution in [0.25, 0.3) is 0 Å². The van der Waals surface area contributed by atoms with Crippen LogP contribution in [-0.4, -0.2) is 55.4 Å². The third-order valence-electron chi connectivity index (χ3n) is 6.06. The molecule has 1 saturated carbocycles. The zero-order chi connectivity index (χ0) is 19.7. The summed E-state index contributed by atoms with van der Waals surface area (Å²) in [5, 5.41) is 19.7. The molecule has 2 fully saturated rings. The second kappa shape index (κ2) is 12.9. The highest BCUT2D eigenvalue weighted by atomic mass is 127. The van der Waals surface area contributed by atoms with Crippen molar-refractivity contribution in [2.75, 3.05) is 44.2 Å². The Balaban J connectivity index is 0.00000300. The van der Waals surface area contributed by atoms with Crippen LogP contribution in [0.5, 0.6) is 0 Å². The number of aliphatic hydroxyl groups excluding tert-OH is 1. The lowest BCUT2D eigenvalue weighted by molar-refractivity contribution is 0.137. The molecule has 1 saturated heterocycles. The number of guanidine groups is 1. The van der Waals surface area contributed by atoms with Crippen LogP contribution in [0.4, 0.5) is 5.13 Å². The first kappa shape index (κ1) is 24.7. The smallest absolute Gasteiger partial charge is 0.191 e. The molecule has 0 aromatic carbocycles. The highest BCUT2D eigenvalue weighted by molar-refractivity contribution is 14.0. The minimum atomic E-state index is 0. The van der Waals surface area contributed by atoms with E-state index in [1.807, 2.05) is 0 Å². The molecule has 6 nitrogen and oxygen atoms in total. The van der Waals surface area contributed by atoms with Crippen molar-refractivity contribution in [2.45, 2.75) is 64.7 Å². The molecular weight excluding hydrogens is 497 g/mol. The molecule has 0 unspecified atom stereocenters. The molecular formula is C21H38IN5OS. The van der Waals surface area contributed by atoms with Gasteiger partial charge in [-0.3, -0.25) is 4.99 Å². The lowest BCUT2D eigenvalue weighted by Crippen LogP contribution is -2.40. The molecule has 2 heterocycles. The lowest BCUT2D eigenvalue weighted by Gasteiger charge is -2.35. The van der Waals surface area contributed by atoms with Crippen molar-refractivity contribution in [2.24, 2.45) is 10.4 Å². The van der Waals surface area contributed by atoms with Gasteiger partial charge in [-0.2, -0.15) is 0 Å². The Morgan fingerprint density at radius 1 is 1.21 bits per heavy atom. The average molecular weight is 536 g/mol. The number of anilines is 1. The highest BCUT2D eigenvalue weighted by Crippen LogP contribution is 2.39. The summed E-state index contributed by atoms with van der Waals surface area (Å²) in [7, 11) is 0. The van der Waals surface area contributed by atoms with Crippen LogP contribution in [0.1, 0.15) is 64.0 Å². The van der Waals surface area contributed by atoms with E-state index in [0.29, 0.717) is 0 Å². The lowest BCUT2D eigenvalue weighted by atomic mass is 9.72. The van der Waals surface area contributed by atoms with Gasteiger partial charge in [0, 0.05) is 51.1 Å². The number of thiazole rings is 1. The first-order valence-corrected chi connectivity index (χ1v) is 11.9. The quantitative estimate of drug-likeness (QED) is 0.255. The molecule has 0 amide bonds. The van der Waals surface area contributed by atoms with Crippen molar-refractivity contribution in [1.82, 2.24) is 15.6 Å². The van der Waals surface area contributed by atoms with Gasteiger partial charge in [0.25, 0.3) is 0 Å². The fourth-order valence-corrected chi connectivity index (χ4v) is 5.30. The molecule has 2 aliphatic rings. The zero-order valence-corrected chi connectivity index (χ0v) is 20.9. The maximum absolute atomic E-state index is 9.51. The van der Waals surface area contributed by atoms with Gasteiger partial charge in [0.15, 0.2) is 11.1 Å². The van der Waals surface area contributed by atoms with Crippen LogP contribution in [0, 0.1) is 5.41 Å². The summed E-state index contributed by atoms with van der Waals surface area (Å²) in [5.74, 6) is 0.889. The number of nitrogens with one attached hydrogen (secondary N) is 2. The first-order chi connectivity index (χ1) is 13.7. The molecule has 0 radical (unpaired) electrons. The van der Waals surface area contributed by atoms with Crippen LogP contribution in [0.15, 0.2) is 10.4 Å². The van der Waals surface area contributed by atoms with Crippen molar-refractivity contribution in [1.29, 1.82) is 0 Å². The first-order valence-electron chi connectivity index (χ1n) is 11.1. The summed E-state index contributed by atoms with van der Waals surface area (Å²) in [6.45, 7) is 7.16. The van der Waals surface area contributed by atoms with Crippen molar-refractivity contribution in [3.63, 3.8) is 0 Å². The fraction of sp³-hybridized carbons (Fsp3) is 0.810. The maximum Gasteiger partial charge on any atom is 0.191 e. The fourth-order valence-electron chi connectivity index (χ4n) is 4.39. The summed E-state index contributed by atoms with van der Waals surface area (Å²) < 4.78 is 0. The van der Waals surface area contributed by atoms with Gasteiger partial charge < -0.3 is 20.6 Å². The molecule has 1 aliphatic heterocycles. The van der Waals surface area contributed by atoms with Gasteiger partial charge in [-0.05, 0) is 44.4 Å². The predicted molar refractivity (Wildman–Crippen MR) is 134 cm³/mol. The minimum Gasteiger partial charge on any atom is -0.396 e. The van der Waals surface area contributed by atoms with Crippen molar-refractivity contribution < 1.29 is 5.11 Å². The largest absolute Gasteiger partial charge is 0.396 e. The number of hydrogen-bond donors (Lipinski definition) is 3. The van der Waals surface area contributed by atoms with Gasteiger partial charge in [0.05, 0.1) is 5.69 Å². The Kier molecular flexibility index (Phi) is 11.0. The minimum absolute atomic E-state index is 0. The van der Waals surface area contributed by atoms with E-state index in [4.69, 9.17) is 9.98 Å². The van der Waals surface area contributed by atoms with Crippen molar-refractivity contribution >= 4 is 46.4 Å². The summed E-state index contributed by atoms with van der Waals surface area (Å²) in [4.78, 5) is 12.1. The SMILES string of the molecule is CCNC(=NCC1(CCO)CCCCC1)NCCc1csc(N2CCCC2)n1.I. The molecule has 0 bridgehead atoms. The molecule has 8 heteroatoms. The Morgan fingerprint density at radius 3 is 2.66 bits per heavy atom. The van der Waals surface area contributed by atoms with Crippen LogP contribution >= 0.6 is 35.3 Å². The number of hydrogen-bond acceptors (Lipinski definition) is 5. The number of aliphatic imine (C=N–C) groups is 1. The van der Waals surface area contributed by atoms with Gasteiger partial charge in [-0.15, -0.1) is 35.3 Å². The molecule has 1 aromatic heterocycles. The van der Waals surface area contributed by atoms with Gasteiger partial charge in [-0.25, -0.2) is 4.98 Å². The number of nitrogens with zero attached hydrogens (tertiary/aromatic N) is 3. The molecule has 0 atom stereocenters. The van der Waals surface area contributed by atoms with E-state index in [1.165, 1.54) is 55.8 Å². The van der Waals surface area contributed by atoms with E-state index < -0.39 is 0 Å². The molecule has 1 aromatic rings. The second-order valence-corrected chi connectivity index (χ2v) is 9.06. The number of rotatable bonds is 9. The monoisotopic (exact) mass is 535 g/mol. The Morgan fingerprint density at radius 2 is 1.97 bits per heavy atom. The van der Waals surface area contributed by atoms with E-state index in [1.54, 1.807) is 11.3 Å². The van der Waals surface area contributed by atoms with Crippen molar-refractivity contribution in [3.8, 4) is 0 Å². The summed E-state index contributed by atoms with van der Waals surface area (Å²) in [6.07, 6.45) is 10.6. The van der Waals surface area contributed by atoms with E-state index in [0.717, 1.165) is 51.5 Å². The molecule has 0 spiro atoms. The molecule has 3 N–H and O–H groups in total. The van der Waals surface area contributed by atoms with Crippen LogP contribution < -0.4 is 15.5 Å². The van der Waals surface area contributed by atoms with Gasteiger partial charge >= 0.3 is 0 Å². The number of aliphatic hydroxyl groups is 1. The van der Waals surface area contributed by atoms with Crippen LogP contribution in [-0.2, 0) is 6.42 Å². The molecule has 1 aliphatic carbocycles. The van der Waals surface area contributed by atoms with E-state index in [-0.39, 0.29) is 36.0 Å². The highest BCUT2D eigenvalue weighted by Gasteiger charge is 2.31. The second-order valence-electron chi connectivity index (χ2n) is 8.22. The summed E-state index contributed by atoms with van der Waals surface area (Å²) in [6, 6.07) is 0. The van der Waals surface area contributed by atoms with Crippen LogP contribution in [0.3, 0.4) is 0 Å². The third-order valence-corrected chi connectivity index (χ3v) is 7.01.